The maximum absolute atomic E-state index is 14.1. The molecule has 2 N–H and O–H groups in total. The minimum absolute atomic E-state index is 0.0823. The number of allylic oxidation sites excluding steroid dienone is 1. The average Bonchev–Trinajstić information content (AvgIpc) is 2.87. The number of nitrogens with two attached hydrogens (primary N) is 1. The molecular formula is C20H21ClFN3O2S. The number of hydrogen-bond acceptors (Lipinski definition) is 4. The van der Waals surface area contributed by atoms with Crippen LogP contribution in [-0.4, -0.2) is 30.8 Å². The quantitative estimate of drug-likeness (QED) is 0.656. The molecule has 3 aromatic rings. The van der Waals surface area contributed by atoms with Gasteiger partial charge >= 0.3 is 0 Å². The summed E-state index contributed by atoms with van der Waals surface area (Å²) in [5, 5.41) is 0.186. The summed E-state index contributed by atoms with van der Waals surface area (Å²) in [7, 11) is -3.39. The van der Waals surface area contributed by atoms with E-state index in [4.69, 9.17) is 17.3 Å². The number of hydrogen-bond donors (Lipinski definition) is 1. The SMILES string of the molecule is Cc1c(Cc2ccc(S(C)(=O)=O)c(Cl)c2)c2ncccc2n1C/C(F)=C/CN. The molecule has 28 heavy (non-hydrogen) atoms. The van der Waals surface area contributed by atoms with Crippen molar-refractivity contribution in [3.8, 4) is 0 Å². The molecule has 3 rings (SSSR count). The molecule has 8 heteroatoms. The van der Waals surface area contributed by atoms with Crippen LogP contribution in [0.5, 0.6) is 0 Å². The number of nitrogens with zero attached hydrogens (tertiary/aromatic N) is 2. The van der Waals surface area contributed by atoms with Crippen LogP contribution in [0.2, 0.25) is 5.02 Å². The van der Waals surface area contributed by atoms with Gasteiger partial charge in [-0.15, -0.1) is 0 Å². The van der Waals surface area contributed by atoms with Crippen LogP contribution in [0.1, 0.15) is 16.8 Å². The Morgan fingerprint density at radius 2 is 2.11 bits per heavy atom. The lowest BCUT2D eigenvalue weighted by Gasteiger charge is -2.08. The first kappa shape index (κ1) is 20.5. The van der Waals surface area contributed by atoms with Crippen LogP contribution in [0.3, 0.4) is 0 Å². The van der Waals surface area contributed by atoms with E-state index in [0.717, 1.165) is 34.1 Å². The van der Waals surface area contributed by atoms with Gasteiger partial charge in [-0.1, -0.05) is 17.7 Å². The molecule has 0 spiro atoms. The van der Waals surface area contributed by atoms with Crippen LogP contribution in [0.4, 0.5) is 4.39 Å². The highest BCUT2D eigenvalue weighted by Crippen LogP contribution is 2.29. The third-order valence-electron chi connectivity index (χ3n) is 4.63. The number of sulfone groups is 1. The lowest BCUT2D eigenvalue weighted by molar-refractivity contribution is 0.554. The standard InChI is InChI=1S/C20H21ClFN3O2S/c1-13-16(10-14-5-6-19(17(21)11-14)28(2,26)27)20-18(4-3-9-24-20)25(13)12-15(22)7-8-23/h3-7,9,11H,8,10,12,23H2,1-2H3/b15-7-. The second-order valence-corrected chi connectivity index (χ2v) is 9.01. The number of aromatic nitrogens is 2. The van der Waals surface area contributed by atoms with Gasteiger partial charge in [0.2, 0.25) is 0 Å². The van der Waals surface area contributed by atoms with Crippen LogP contribution in [0, 0.1) is 6.92 Å². The van der Waals surface area contributed by atoms with E-state index in [1.54, 1.807) is 18.3 Å². The van der Waals surface area contributed by atoms with Gasteiger partial charge in [0.05, 0.1) is 27.5 Å². The summed E-state index contributed by atoms with van der Waals surface area (Å²) < 4.78 is 39.5. The Morgan fingerprint density at radius 1 is 1.36 bits per heavy atom. The smallest absolute Gasteiger partial charge is 0.176 e. The topological polar surface area (TPSA) is 78.0 Å². The predicted octanol–water partition coefficient (Wildman–Crippen LogP) is 3.80. The molecule has 148 valence electrons. The first-order valence-corrected chi connectivity index (χ1v) is 10.9. The van der Waals surface area contributed by atoms with E-state index in [1.165, 1.54) is 12.1 Å². The van der Waals surface area contributed by atoms with E-state index < -0.39 is 9.84 Å². The van der Waals surface area contributed by atoms with Crippen LogP contribution in [0.15, 0.2) is 53.3 Å². The lowest BCUT2D eigenvalue weighted by Crippen LogP contribution is -2.04. The minimum atomic E-state index is -3.39. The Labute approximate surface area is 168 Å². The molecule has 0 atom stereocenters. The van der Waals surface area contributed by atoms with Crippen molar-refractivity contribution in [2.24, 2.45) is 5.73 Å². The second kappa shape index (κ2) is 8.03. The molecule has 0 aliphatic carbocycles. The average molecular weight is 422 g/mol. The molecule has 0 unspecified atom stereocenters. The molecule has 2 aromatic heterocycles. The molecule has 0 amide bonds. The number of benzene rings is 1. The summed E-state index contributed by atoms with van der Waals surface area (Å²) in [6, 6.07) is 8.61. The normalized spacial score (nSPS) is 12.7. The van der Waals surface area contributed by atoms with Gasteiger partial charge in [0.1, 0.15) is 5.83 Å². The third-order valence-corrected chi connectivity index (χ3v) is 6.21. The summed E-state index contributed by atoms with van der Waals surface area (Å²) in [5.74, 6) is -0.307. The highest BCUT2D eigenvalue weighted by Gasteiger charge is 2.18. The van der Waals surface area contributed by atoms with E-state index in [9.17, 15) is 12.8 Å². The zero-order chi connectivity index (χ0) is 20.5. The molecule has 0 saturated carbocycles. The molecule has 0 radical (unpaired) electrons. The summed E-state index contributed by atoms with van der Waals surface area (Å²) in [6.45, 7) is 2.14. The first-order valence-electron chi connectivity index (χ1n) is 8.68. The fourth-order valence-electron chi connectivity index (χ4n) is 3.28. The van der Waals surface area contributed by atoms with Gasteiger partial charge in [-0.2, -0.15) is 0 Å². The van der Waals surface area contributed by atoms with Crippen molar-refractivity contribution >= 4 is 32.5 Å². The number of rotatable bonds is 6. The van der Waals surface area contributed by atoms with Gasteiger partial charge in [-0.3, -0.25) is 4.98 Å². The fourth-order valence-corrected chi connectivity index (χ4v) is 4.63. The molecule has 0 aliphatic rings. The van der Waals surface area contributed by atoms with Crippen molar-refractivity contribution in [3.63, 3.8) is 0 Å². The van der Waals surface area contributed by atoms with Crippen molar-refractivity contribution in [2.45, 2.75) is 24.8 Å². The Hall–Kier alpha value is -2.22. The van der Waals surface area contributed by atoms with Crippen molar-refractivity contribution in [2.75, 3.05) is 12.8 Å². The van der Waals surface area contributed by atoms with Gasteiger partial charge in [0.25, 0.3) is 0 Å². The molecule has 0 bridgehead atoms. The van der Waals surface area contributed by atoms with Crippen LogP contribution in [-0.2, 0) is 22.8 Å². The lowest BCUT2D eigenvalue weighted by atomic mass is 10.0. The van der Waals surface area contributed by atoms with Crippen LogP contribution >= 0.6 is 11.6 Å². The molecule has 2 heterocycles. The number of halogens is 2. The zero-order valence-electron chi connectivity index (χ0n) is 15.6. The maximum atomic E-state index is 14.1. The molecule has 5 nitrogen and oxygen atoms in total. The van der Waals surface area contributed by atoms with E-state index in [1.807, 2.05) is 23.6 Å². The van der Waals surface area contributed by atoms with Crippen molar-refractivity contribution in [3.05, 3.63) is 70.3 Å². The van der Waals surface area contributed by atoms with Crippen molar-refractivity contribution in [1.82, 2.24) is 9.55 Å². The summed E-state index contributed by atoms with van der Waals surface area (Å²) >= 11 is 6.18. The first-order chi connectivity index (χ1) is 13.2. The third kappa shape index (κ3) is 4.11. The van der Waals surface area contributed by atoms with Gasteiger partial charge < -0.3 is 10.3 Å². The van der Waals surface area contributed by atoms with Crippen molar-refractivity contribution in [1.29, 1.82) is 0 Å². The zero-order valence-corrected chi connectivity index (χ0v) is 17.2. The Bertz CT molecular complexity index is 1170. The van der Waals surface area contributed by atoms with Gasteiger partial charge in [-0.25, -0.2) is 12.8 Å². The second-order valence-electron chi connectivity index (χ2n) is 6.62. The molecule has 0 fully saturated rings. The number of fused-ring (bicyclic) bond motifs is 1. The predicted molar refractivity (Wildman–Crippen MR) is 110 cm³/mol. The van der Waals surface area contributed by atoms with Gasteiger partial charge in [0.15, 0.2) is 9.84 Å². The summed E-state index contributed by atoms with van der Waals surface area (Å²) in [6.07, 6.45) is 4.67. The van der Waals surface area contributed by atoms with E-state index in [-0.39, 0.29) is 28.8 Å². The van der Waals surface area contributed by atoms with Crippen LogP contribution in [0.25, 0.3) is 11.0 Å². The molecule has 1 aromatic carbocycles. The monoisotopic (exact) mass is 421 g/mol. The van der Waals surface area contributed by atoms with Gasteiger partial charge in [0, 0.05) is 36.7 Å². The Kier molecular flexibility index (Phi) is 5.88. The largest absolute Gasteiger partial charge is 0.336 e. The van der Waals surface area contributed by atoms with Crippen LogP contribution < -0.4 is 5.73 Å². The Balaban J connectivity index is 2.06. The Morgan fingerprint density at radius 3 is 2.75 bits per heavy atom. The molecule has 0 aliphatic heterocycles. The highest BCUT2D eigenvalue weighted by molar-refractivity contribution is 7.90. The number of pyridine rings is 1. The summed E-state index contributed by atoms with van der Waals surface area (Å²) in [4.78, 5) is 4.58. The van der Waals surface area contributed by atoms with E-state index in [0.29, 0.717) is 6.42 Å². The highest BCUT2D eigenvalue weighted by atomic mass is 35.5. The summed E-state index contributed by atoms with van der Waals surface area (Å²) in [5.41, 5.74) is 9.69. The molecular weight excluding hydrogens is 401 g/mol. The fraction of sp³-hybridized carbons (Fsp3) is 0.250. The van der Waals surface area contributed by atoms with E-state index >= 15 is 0 Å². The maximum Gasteiger partial charge on any atom is 0.176 e. The van der Waals surface area contributed by atoms with Crippen molar-refractivity contribution < 1.29 is 12.8 Å². The van der Waals surface area contributed by atoms with E-state index in [2.05, 4.69) is 4.98 Å². The van der Waals surface area contributed by atoms with Gasteiger partial charge in [-0.05, 0) is 42.8 Å². The minimum Gasteiger partial charge on any atom is -0.336 e. The molecule has 0 saturated heterocycles.